The van der Waals surface area contributed by atoms with Gasteiger partial charge >= 0.3 is 0 Å². The third-order valence-electron chi connectivity index (χ3n) is 0. The van der Waals surface area contributed by atoms with Crippen molar-refractivity contribution in [3.05, 3.63) is 0 Å². The average Bonchev–Trinajstić information content (AvgIpc) is 1.50. The van der Waals surface area contributed by atoms with Gasteiger partial charge in [0, 0.05) is 17.1 Å². The van der Waals surface area contributed by atoms with E-state index in [1.165, 1.54) is 0 Å². The van der Waals surface area contributed by atoms with E-state index in [1.807, 2.05) is 6.79 Å². The molecule has 0 amide bonds. The molecular formula is C2H3MnO2-. The van der Waals surface area contributed by atoms with Gasteiger partial charge in [0.05, 0.1) is 0 Å². The molecule has 0 aromatic carbocycles. The molecule has 31 valence electrons. The molecule has 0 heterocycles. The second kappa shape index (κ2) is 1600. The van der Waals surface area contributed by atoms with Gasteiger partial charge < -0.3 is 9.59 Å². The molecule has 0 aliphatic heterocycles. The van der Waals surface area contributed by atoms with Gasteiger partial charge in [-0.1, -0.05) is 0 Å². The fraction of sp³-hybridized carbons (Fsp3) is 0. The zero-order valence-corrected chi connectivity index (χ0v) is 3.66. The fourth-order valence-electron chi connectivity index (χ4n) is 0. The van der Waals surface area contributed by atoms with Crippen LogP contribution in [0.4, 0.5) is 0 Å². The topological polar surface area (TPSA) is 34.1 Å². The van der Waals surface area contributed by atoms with Gasteiger partial charge in [0.25, 0.3) is 0 Å². The molecular weight excluding hydrogens is 111 g/mol. The maximum atomic E-state index is 8.00. The maximum absolute atomic E-state index is 8.00. The van der Waals surface area contributed by atoms with Crippen molar-refractivity contribution in [2.45, 2.75) is 0 Å². The van der Waals surface area contributed by atoms with Crippen LogP contribution in [0.1, 0.15) is 0 Å². The summed E-state index contributed by atoms with van der Waals surface area (Å²) in [5, 5.41) is 0. The van der Waals surface area contributed by atoms with Crippen LogP contribution in [0.5, 0.6) is 0 Å². The Bertz CT molecular complexity index is 9.61. The number of carbonyl (C=O) groups excluding carboxylic acids is 2. The SMILES string of the molecule is C=O.[CH-]=O.[Mn]. The van der Waals surface area contributed by atoms with Crippen LogP contribution < -0.4 is 0 Å². The van der Waals surface area contributed by atoms with Crippen molar-refractivity contribution < 1.29 is 26.7 Å². The first kappa shape index (κ1) is 20.9. The van der Waals surface area contributed by atoms with Gasteiger partial charge in [-0.3, -0.25) is 6.79 Å². The van der Waals surface area contributed by atoms with Crippen molar-refractivity contribution in [2.24, 2.45) is 0 Å². The molecule has 2 nitrogen and oxygen atoms in total. The van der Waals surface area contributed by atoms with Crippen LogP contribution in [-0.4, -0.2) is 13.6 Å². The van der Waals surface area contributed by atoms with Crippen molar-refractivity contribution in [3.8, 4) is 0 Å². The molecule has 0 saturated heterocycles. The molecule has 0 aromatic rings. The van der Waals surface area contributed by atoms with Crippen LogP contribution in [0.3, 0.4) is 0 Å². The molecule has 0 aliphatic rings. The van der Waals surface area contributed by atoms with Crippen molar-refractivity contribution in [3.63, 3.8) is 0 Å². The predicted octanol–water partition coefficient (Wildman–Crippen LogP) is -0.462. The van der Waals surface area contributed by atoms with Crippen LogP contribution in [0.25, 0.3) is 0 Å². The first-order valence-corrected chi connectivity index (χ1v) is 0.524. The monoisotopic (exact) mass is 114 g/mol. The fourth-order valence-corrected chi connectivity index (χ4v) is 0. The minimum absolute atomic E-state index is 0. The standard InChI is InChI=1S/CH2O.CHO.Mn/c2*1-2;/h1H2;1H;/q;-1;. The molecule has 0 atom stereocenters. The molecule has 0 rings (SSSR count). The maximum Gasteiger partial charge on any atom is 0.106 e. The molecule has 0 N–H and O–H groups in total. The molecule has 0 aliphatic carbocycles. The first-order valence-electron chi connectivity index (χ1n) is 0.524. The zero-order chi connectivity index (χ0) is 4.00. The minimum atomic E-state index is 0. The second-order valence-corrected chi connectivity index (χ2v) is 0. The second-order valence-electron chi connectivity index (χ2n) is 0. The Balaban J connectivity index is -0.0000000133. The van der Waals surface area contributed by atoms with Crippen molar-refractivity contribution >= 4 is 13.6 Å². The summed E-state index contributed by atoms with van der Waals surface area (Å²) in [5.74, 6) is 0. The molecule has 0 fully saturated rings. The first-order chi connectivity index (χ1) is 2.00. The predicted molar refractivity (Wildman–Crippen MR) is 13.9 cm³/mol. The van der Waals surface area contributed by atoms with Crippen LogP contribution in [0.15, 0.2) is 0 Å². The Morgan fingerprint density at radius 3 is 1.20 bits per heavy atom. The Morgan fingerprint density at radius 1 is 1.20 bits per heavy atom. The Labute approximate surface area is 41.0 Å². The van der Waals surface area contributed by atoms with Gasteiger partial charge in [-0.15, -0.1) is 0 Å². The van der Waals surface area contributed by atoms with Crippen LogP contribution >= 0.6 is 0 Å². The van der Waals surface area contributed by atoms with Crippen molar-refractivity contribution in [1.82, 2.24) is 0 Å². The molecule has 0 bridgehead atoms. The smallest absolute Gasteiger partial charge is 0.106 e. The third kappa shape index (κ3) is 676. The van der Waals surface area contributed by atoms with Gasteiger partial charge in [0.2, 0.25) is 0 Å². The van der Waals surface area contributed by atoms with Crippen LogP contribution in [0.2, 0.25) is 0 Å². The van der Waals surface area contributed by atoms with E-state index in [9.17, 15) is 0 Å². The minimum Gasteiger partial charge on any atom is -0.545 e. The van der Waals surface area contributed by atoms with E-state index in [2.05, 4.69) is 6.79 Å². The number of carbonyl (C=O) groups is 1. The number of rotatable bonds is 0. The van der Waals surface area contributed by atoms with E-state index in [1.54, 1.807) is 0 Å². The van der Waals surface area contributed by atoms with Crippen LogP contribution in [-0.2, 0) is 26.7 Å². The molecule has 0 saturated carbocycles. The molecule has 3 heteroatoms. The summed E-state index contributed by atoms with van der Waals surface area (Å²) in [5.41, 5.74) is 0. The quantitative estimate of drug-likeness (QED) is 0.242. The third-order valence-corrected chi connectivity index (χ3v) is 0. The molecule has 5 heavy (non-hydrogen) atoms. The van der Waals surface area contributed by atoms with Gasteiger partial charge in [-0.05, 0) is 0 Å². The van der Waals surface area contributed by atoms with Gasteiger partial charge in [-0.25, -0.2) is 0 Å². The average molecular weight is 114 g/mol. The molecule has 0 unspecified atom stereocenters. The summed E-state index contributed by atoms with van der Waals surface area (Å²) in [7, 11) is 0. The summed E-state index contributed by atoms with van der Waals surface area (Å²) >= 11 is 0. The Kier molecular flexibility index (Phi) is 6690. The van der Waals surface area contributed by atoms with E-state index in [4.69, 9.17) is 9.59 Å². The molecule has 0 spiro atoms. The van der Waals surface area contributed by atoms with Gasteiger partial charge in [0.15, 0.2) is 0 Å². The van der Waals surface area contributed by atoms with Crippen molar-refractivity contribution in [1.29, 1.82) is 0 Å². The summed E-state index contributed by atoms with van der Waals surface area (Å²) in [6.45, 7) is 5.25. The summed E-state index contributed by atoms with van der Waals surface area (Å²) < 4.78 is 0. The normalized spacial score (nSPS) is 1.60. The summed E-state index contributed by atoms with van der Waals surface area (Å²) in [6.07, 6.45) is 0. The van der Waals surface area contributed by atoms with Crippen molar-refractivity contribution in [2.75, 3.05) is 0 Å². The Hall–Kier alpha value is -0.141. The summed E-state index contributed by atoms with van der Waals surface area (Å²) in [6, 6.07) is 0. The zero-order valence-electron chi connectivity index (χ0n) is 2.48. The van der Waals surface area contributed by atoms with Gasteiger partial charge in [-0.2, -0.15) is 0 Å². The van der Waals surface area contributed by atoms with Crippen LogP contribution in [0, 0.1) is 0 Å². The number of hydrogen-bond acceptors (Lipinski definition) is 2. The van der Waals surface area contributed by atoms with Gasteiger partial charge in [0.1, 0.15) is 6.79 Å². The molecule has 1 radical (unpaired) electrons. The van der Waals surface area contributed by atoms with E-state index >= 15 is 0 Å². The summed E-state index contributed by atoms with van der Waals surface area (Å²) in [4.78, 5) is 15.8. The molecule has 0 aromatic heterocycles. The van der Waals surface area contributed by atoms with E-state index in [-0.39, 0.29) is 17.1 Å². The number of hydrogen-bond donors (Lipinski definition) is 0. The van der Waals surface area contributed by atoms with E-state index in [0.717, 1.165) is 0 Å². The largest absolute Gasteiger partial charge is 0.545 e. The Morgan fingerprint density at radius 2 is 1.20 bits per heavy atom. The van der Waals surface area contributed by atoms with E-state index < -0.39 is 0 Å². The van der Waals surface area contributed by atoms with E-state index in [0.29, 0.717) is 0 Å².